The Balaban J connectivity index is 1.83. The SMILES string of the molecule is CCOC(=O)CNC(=O)NC1N=C(C2CCCCC2)c2ccccc2N(C)C1=O. The largest absolute Gasteiger partial charge is 0.465 e. The molecule has 1 aromatic carbocycles. The average molecular weight is 400 g/mol. The van der Waals surface area contributed by atoms with Crippen LogP contribution in [0.15, 0.2) is 29.3 Å². The first-order valence-corrected chi connectivity index (χ1v) is 10.2. The maximum Gasteiger partial charge on any atom is 0.325 e. The van der Waals surface area contributed by atoms with Gasteiger partial charge in [0.1, 0.15) is 6.54 Å². The number of benzene rings is 1. The van der Waals surface area contributed by atoms with Gasteiger partial charge in [-0.25, -0.2) is 4.79 Å². The third-order valence-electron chi connectivity index (χ3n) is 5.33. The number of aliphatic imine (C=N–C) groups is 1. The lowest BCUT2D eigenvalue weighted by Crippen LogP contribution is -2.50. The van der Waals surface area contributed by atoms with Crippen molar-refractivity contribution in [1.82, 2.24) is 10.6 Å². The molecule has 2 aliphatic rings. The number of carbonyl (C=O) groups is 3. The average Bonchev–Trinajstić information content (AvgIpc) is 2.84. The van der Waals surface area contributed by atoms with Gasteiger partial charge in [0.15, 0.2) is 0 Å². The molecule has 0 radical (unpaired) electrons. The highest BCUT2D eigenvalue weighted by molar-refractivity contribution is 6.13. The summed E-state index contributed by atoms with van der Waals surface area (Å²) in [5.41, 5.74) is 2.60. The van der Waals surface area contributed by atoms with Gasteiger partial charge in [0.2, 0.25) is 6.17 Å². The fourth-order valence-electron chi connectivity index (χ4n) is 3.88. The number of esters is 1. The van der Waals surface area contributed by atoms with Gasteiger partial charge >= 0.3 is 12.0 Å². The quantitative estimate of drug-likeness (QED) is 0.740. The molecule has 1 aliphatic heterocycles. The molecule has 0 bridgehead atoms. The Labute approximate surface area is 170 Å². The van der Waals surface area contributed by atoms with Crippen molar-refractivity contribution in [1.29, 1.82) is 0 Å². The first kappa shape index (κ1) is 20.8. The fourth-order valence-corrected chi connectivity index (χ4v) is 3.88. The summed E-state index contributed by atoms with van der Waals surface area (Å²) >= 11 is 0. The summed E-state index contributed by atoms with van der Waals surface area (Å²) < 4.78 is 4.79. The molecule has 0 aromatic heterocycles. The summed E-state index contributed by atoms with van der Waals surface area (Å²) in [6, 6.07) is 7.07. The highest BCUT2D eigenvalue weighted by Crippen LogP contribution is 2.33. The van der Waals surface area contributed by atoms with Crippen molar-refractivity contribution in [2.45, 2.75) is 45.2 Å². The molecule has 8 nitrogen and oxygen atoms in total. The zero-order chi connectivity index (χ0) is 20.8. The van der Waals surface area contributed by atoms with Gasteiger partial charge < -0.3 is 20.3 Å². The molecule has 156 valence electrons. The van der Waals surface area contributed by atoms with E-state index in [1.807, 2.05) is 24.3 Å². The smallest absolute Gasteiger partial charge is 0.325 e. The van der Waals surface area contributed by atoms with E-state index in [4.69, 9.17) is 9.73 Å². The lowest BCUT2D eigenvalue weighted by Gasteiger charge is -2.24. The molecule has 1 aliphatic carbocycles. The van der Waals surface area contributed by atoms with Crippen molar-refractivity contribution < 1.29 is 19.1 Å². The van der Waals surface area contributed by atoms with Gasteiger partial charge in [-0.2, -0.15) is 0 Å². The molecular weight excluding hydrogens is 372 g/mol. The molecule has 1 heterocycles. The van der Waals surface area contributed by atoms with Gasteiger partial charge in [-0.1, -0.05) is 37.5 Å². The summed E-state index contributed by atoms with van der Waals surface area (Å²) in [5, 5.41) is 5.03. The summed E-state index contributed by atoms with van der Waals surface area (Å²) in [4.78, 5) is 43.0. The lowest BCUT2D eigenvalue weighted by molar-refractivity contribution is -0.141. The minimum atomic E-state index is -1.05. The van der Waals surface area contributed by atoms with Crippen LogP contribution >= 0.6 is 0 Å². The minimum Gasteiger partial charge on any atom is -0.465 e. The van der Waals surface area contributed by atoms with Crippen LogP contribution in [-0.2, 0) is 14.3 Å². The van der Waals surface area contributed by atoms with Crippen LogP contribution in [0, 0.1) is 5.92 Å². The van der Waals surface area contributed by atoms with E-state index in [-0.39, 0.29) is 25.0 Å². The van der Waals surface area contributed by atoms with Crippen molar-refractivity contribution in [2.24, 2.45) is 10.9 Å². The number of anilines is 1. The molecule has 3 amide bonds. The van der Waals surface area contributed by atoms with Crippen molar-refractivity contribution >= 4 is 29.3 Å². The molecule has 8 heteroatoms. The Morgan fingerprint density at radius 2 is 1.93 bits per heavy atom. The molecule has 2 N–H and O–H groups in total. The molecule has 1 fully saturated rings. The number of hydrogen-bond acceptors (Lipinski definition) is 5. The van der Waals surface area contributed by atoms with Gasteiger partial charge in [0, 0.05) is 18.5 Å². The van der Waals surface area contributed by atoms with Gasteiger partial charge in [-0.15, -0.1) is 0 Å². The van der Waals surface area contributed by atoms with Crippen LogP contribution in [0.5, 0.6) is 0 Å². The number of hydrogen-bond donors (Lipinski definition) is 2. The summed E-state index contributed by atoms with van der Waals surface area (Å²) in [6.07, 6.45) is 4.47. The number of para-hydroxylation sites is 1. The van der Waals surface area contributed by atoms with Crippen LogP contribution in [0.4, 0.5) is 10.5 Å². The van der Waals surface area contributed by atoms with E-state index >= 15 is 0 Å². The Kier molecular flexibility index (Phi) is 6.85. The number of urea groups is 1. The molecule has 1 saturated carbocycles. The highest BCUT2D eigenvalue weighted by atomic mass is 16.5. The number of fused-ring (bicyclic) bond motifs is 1. The van der Waals surface area contributed by atoms with Crippen LogP contribution in [0.2, 0.25) is 0 Å². The number of benzodiazepines with no additional fused rings is 1. The van der Waals surface area contributed by atoms with Gasteiger partial charge in [-0.05, 0) is 25.8 Å². The van der Waals surface area contributed by atoms with Crippen LogP contribution in [0.1, 0.15) is 44.6 Å². The van der Waals surface area contributed by atoms with E-state index in [2.05, 4.69) is 10.6 Å². The van der Waals surface area contributed by atoms with Gasteiger partial charge in [0.05, 0.1) is 18.0 Å². The number of carbonyl (C=O) groups excluding carboxylic acids is 3. The Morgan fingerprint density at radius 1 is 1.21 bits per heavy atom. The number of nitrogens with zero attached hydrogens (tertiary/aromatic N) is 2. The molecule has 3 rings (SSSR count). The molecule has 1 aromatic rings. The van der Waals surface area contributed by atoms with Gasteiger partial charge in [-0.3, -0.25) is 14.6 Å². The molecule has 0 saturated heterocycles. The predicted molar refractivity (Wildman–Crippen MR) is 110 cm³/mol. The van der Waals surface area contributed by atoms with Gasteiger partial charge in [0.25, 0.3) is 5.91 Å². The van der Waals surface area contributed by atoms with E-state index in [0.29, 0.717) is 0 Å². The van der Waals surface area contributed by atoms with E-state index in [1.165, 1.54) is 11.3 Å². The molecule has 0 spiro atoms. The van der Waals surface area contributed by atoms with Crippen LogP contribution in [-0.4, -0.2) is 50.0 Å². The summed E-state index contributed by atoms with van der Waals surface area (Å²) in [7, 11) is 1.69. The normalized spacial score (nSPS) is 19.7. The van der Waals surface area contributed by atoms with E-state index in [1.54, 1.807) is 14.0 Å². The highest BCUT2D eigenvalue weighted by Gasteiger charge is 2.33. The third-order valence-corrected chi connectivity index (χ3v) is 5.33. The maximum atomic E-state index is 13.0. The van der Waals surface area contributed by atoms with Crippen molar-refractivity contribution in [3.63, 3.8) is 0 Å². The predicted octanol–water partition coefficient (Wildman–Crippen LogP) is 2.22. The molecule has 1 atom stereocenters. The van der Waals surface area contributed by atoms with Crippen molar-refractivity contribution in [3.8, 4) is 0 Å². The standard InChI is InChI=1S/C21H28N4O4/c1-3-29-17(26)13-22-21(28)24-19-20(27)25(2)16-12-8-7-11-15(16)18(23-19)14-9-5-4-6-10-14/h7-8,11-12,14,19H,3-6,9-10,13H2,1-2H3,(H2,22,24,28). The van der Waals surface area contributed by atoms with Crippen molar-refractivity contribution in [2.75, 3.05) is 25.1 Å². The summed E-state index contributed by atoms with van der Waals surface area (Å²) in [6.45, 7) is 1.66. The molecule has 1 unspecified atom stereocenters. The second kappa shape index (κ2) is 9.54. The third kappa shape index (κ3) is 4.93. The monoisotopic (exact) mass is 400 g/mol. The Bertz CT molecular complexity index is 802. The zero-order valence-electron chi connectivity index (χ0n) is 16.9. The summed E-state index contributed by atoms with van der Waals surface area (Å²) in [5.74, 6) is -0.601. The number of nitrogens with one attached hydrogen (secondary N) is 2. The van der Waals surface area contributed by atoms with Crippen LogP contribution < -0.4 is 15.5 Å². The van der Waals surface area contributed by atoms with E-state index in [0.717, 1.165) is 42.6 Å². The maximum absolute atomic E-state index is 13.0. The van der Waals surface area contributed by atoms with Crippen LogP contribution in [0.3, 0.4) is 0 Å². The number of ether oxygens (including phenoxy) is 1. The van der Waals surface area contributed by atoms with E-state index in [9.17, 15) is 14.4 Å². The number of amides is 3. The minimum absolute atomic E-state index is 0.237. The first-order valence-electron chi connectivity index (χ1n) is 10.2. The topological polar surface area (TPSA) is 100 Å². The Morgan fingerprint density at radius 3 is 2.66 bits per heavy atom. The lowest BCUT2D eigenvalue weighted by atomic mass is 9.83. The number of rotatable bonds is 5. The van der Waals surface area contributed by atoms with E-state index < -0.39 is 18.2 Å². The molecular formula is C21H28N4O4. The van der Waals surface area contributed by atoms with Crippen molar-refractivity contribution in [3.05, 3.63) is 29.8 Å². The first-order chi connectivity index (χ1) is 14.0. The Hall–Kier alpha value is -2.90. The zero-order valence-corrected chi connectivity index (χ0v) is 16.9. The second-order valence-corrected chi connectivity index (χ2v) is 7.30. The second-order valence-electron chi connectivity index (χ2n) is 7.30. The molecule has 29 heavy (non-hydrogen) atoms. The van der Waals surface area contributed by atoms with Crippen LogP contribution in [0.25, 0.3) is 0 Å². The fraction of sp³-hybridized carbons (Fsp3) is 0.524. The number of likely N-dealkylation sites (N-methyl/N-ethyl adjacent to an activating group) is 1.